The number of carbonyl (C=O) groups excluding carboxylic acids is 2. The van der Waals surface area contributed by atoms with Crippen molar-refractivity contribution in [1.29, 1.82) is 0 Å². The molecule has 186 valence electrons. The number of aliphatic imine (C=N–C) groups is 1. The van der Waals surface area contributed by atoms with Crippen molar-refractivity contribution in [2.75, 3.05) is 20.6 Å². The van der Waals surface area contributed by atoms with Gasteiger partial charge in [-0.2, -0.15) is 0 Å². The highest BCUT2D eigenvalue weighted by molar-refractivity contribution is 14.0. The van der Waals surface area contributed by atoms with Crippen LogP contribution in [0.1, 0.15) is 65.0 Å². The first-order valence-corrected chi connectivity index (χ1v) is 11.4. The molecule has 0 spiro atoms. The number of guanidine groups is 1. The number of rotatable bonds is 6. The number of nitrogens with one attached hydrogen (secondary N) is 3. The van der Waals surface area contributed by atoms with E-state index in [1.165, 1.54) is 4.90 Å². The number of carbonyl (C=O) groups is 2. The number of amides is 2. The number of nitrogens with zero attached hydrogens (tertiary/aromatic N) is 2. The Kier molecular flexibility index (Phi) is 12.0. The lowest BCUT2D eigenvalue weighted by Gasteiger charge is -2.32. The van der Waals surface area contributed by atoms with Crippen molar-refractivity contribution in [3.8, 4) is 0 Å². The van der Waals surface area contributed by atoms with Gasteiger partial charge in [-0.1, -0.05) is 30.3 Å². The first kappa shape index (κ1) is 29.0. The summed E-state index contributed by atoms with van der Waals surface area (Å²) >= 11 is 0. The summed E-state index contributed by atoms with van der Waals surface area (Å²) in [6, 6.07) is 10.5. The van der Waals surface area contributed by atoms with Gasteiger partial charge in [-0.25, -0.2) is 9.79 Å². The van der Waals surface area contributed by atoms with E-state index in [0.29, 0.717) is 5.96 Å². The summed E-state index contributed by atoms with van der Waals surface area (Å²) in [7, 11) is 3.45. The Morgan fingerprint density at radius 2 is 1.61 bits per heavy atom. The number of hydrogen-bond donors (Lipinski definition) is 3. The predicted octanol–water partition coefficient (Wildman–Crippen LogP) is 3.82. The Hall–Kier alpha value is -2.04. The lowest BCUT2D eigenvalue weighted by atomic mass is 9.91. The van der Waals surface area contributed by atoms with Crippen LogP contribution in [-0.4, -0.2) is 61.2 Å². The maximum atomic E-state index is 12.1. The fraction of sp³-hybridized carbons (Fsp3) is 0.625. The monoisotopic (exact) mass is 573 g/mol. The predicted molar refractivity (Wildman–Crippen MR) is 143 cm³/mol. The highest BCUT2D eigenvalue weighted by Crippen LogP contribution is 2.20. The SMILES string of the molecule is CC(NC(=NCC(=O)N(C)C)NC1CCC(NC(=O)OC(C)(C)C)CC1)c1ccccc1.I. The molecule has 2 rings (SSSR count). The topological polar surface area (TPSA) is 95.1 Å². The molecule has 1 aliphatic rings. The summed E-state index contributed by atoms with van der Waals surface area (Å²) in [6.07, 6.45) is 3.13. The van der Waals surface area contributed by atoms with Gasteiger partial charge in [-0.3, -0.25) is 4.79 Å². The van der Waals surface area contributed by atoms with Crippen molar-refractivity contribution < 1.29 is 14.3 Å². The summed E-state index contributed by atoms with van der Waals surface area (Å²) in [5, 5.41) is 9.88. The number of ether oxygens (including phenoxy) is 1. The maximum absolute atomic E-state index is 12.1. The van der Waals surface area contributed by atoms with Gasteiger partial charge in [-0.05, 0) is 58.9 Å². The van der Waals surface area contributed by atoms with Gasteiger partial charge in [0.05, 0.1) is 6.04 Å². The van der Waals surface area contributed by atoms with Crippen molar-refractivity contribution in [3.05, 3.63) is 35.9 Å². The zero-order valence-corrected chi connectivity index (χ0v) is 23.0. The van der Waals surface area contributed by atoms with Gasteiger partial charge in [0.25, 0.3) is 0 Å². The molecule has 0 heterocycles. The van der Waals surface area contributed by atoms with Crippen LogP contribution in [-0.2, 0) is 9.53 Å². The second-order valence-corrected chi connectivity index (χ2v) is 9.57. The summed E-state index contributed by atoms with van der Waals surface area (Å²) in [5.74, 6) is 0.573. The van der Waals surface area contributed by atoms with Crippen LogP contribution in [0.2, 0.25) is 0 Å². The molecule has 3 N–H and O–H groups in total. The molecule has 9 heteroatoms. The fourth-order valence-corrected chi connectivity index (χ4v) is 3.50. The minimum atomic E-state index is -0.501. The van der Waals surface area contributed by atoms with Crippen molar-refractivity contribution >= 4 is 41.9 Å². The smallest absolute Gasteiger partial charge is 0.407 e. The number of likely N-dealkylation sites (N-methyl/N-ethyl adjacent to an activating group) is 1. The molecule has 1 aliphatic carbocycles. The molecule has 8 nitrogen and oxygen atoms in total. The molecule has 1 aromatic rings. The molecule has 33 heavy (non-hydrogen) atoms. The van der Waals surface area contributed by atoms with Crippen molar-refractivity contribution in [2.24, 2.45) is 4.99 Å². The van der Waals surface area contributed by atoms with Crippen LogP contribution in [0.25, 0.3) is 0 Å². The van der Waals surface area contributed by atoms with Crippen molar-refractivity contribution in [1.82, 2.24) is 20.9 Å². The van der Waals surface area contributed by atoms with E-state index in [-0.39, 0.29) is 60.6 Å². The number of benzene rings is 1. The Bertz CT molecular complexity index is 772. The molecule has 1 saturated carbocycles. The normalized spacial score (nSPS) is 19.5. The molecule has 1 atom stereocenters. The third-order valence-corrected chi connectivity index (χ3v) is 5.31. The molecular formula is C24H40IN5O3. The van der Waals surface area contributed by atoms with Crippen molar-refractivity contribution in [2.45, 2.75) is 77.1 Å². The zero-order chi connectivity index (χ0) is 23.7. The number of alkyl carbamates (subject to hydrolysis) is 1. The summed E-state index contributed by atoms with van der Waals surface area (Å²) < 4.78 is 5.36. The second kappa shape index (κ2) is 13.6. The molecule has 2 amide bonds. The summed E-state index contributed by atoms with van der Waals surface area (Å²) in [5.41, 5.74) is 0.644. The average Bonchev–Trinajstić information content (AvgIpc) is 2.72. The van der Waals surface area contributed by atoms with Crippen LogP contribution in [0.5, 0.6) is 0 Å². The van der Waals surface area contributed by atoms with E-state index in [4.69, 9.17) is 4.74 Å². The zero-order valence-electron chi connectivity index (χ0n) is 20.7. The van der Waals surface area contributed by atoms with Gasteiger partial charge in [0.1, 0.15) is 12.1 Å². The van der Waals surface area contributed by atoms with E-state index >= 15 is 0 Å². The molecule has 0 aromatic heterocycles. The average molecular weight is 574 g/mol. The van der Waals surface area contributed by atoms with Crippen LogP contribution >= 0.6 is 24.0 Å². The lowest BCUT2D eigenvalue weighted by molar-refractivity contribution is -0.127. The standard InChI is InChI=1S/C24H39N5O3.HI/c1-17(18-10-8-7-9-11-18)26-22(25-16-21(30)29(5)6)27-19-12-14-20(15-13-19)28-23(31)32-24(2,3)4;/h7-11,17,19-20H,12-16H2,1-6H3,(H,28,31)(H2,25,26,27);1H. The van der Waals surface area contributed by atoms with Crippen LogP contribution in [0.4, 0.5) is 4.79 Å². The lowest BCUT2D eigenvalue weighted by Crippen LogP contribution is -2.48. The Morgan fingerprint density at radius 1 is 1.06 bits per heavy atom. The fourth-order valence-electron chi connectivity index (χ4n) is 3.50. The first-order chi connectivity index (χ1) is 15.0. The van der Waals surface area contributed by atoms with Gasteiger partial charge in [0, 0.05) is 26.2 Å². The first-order valence-electron chi connectivity index (χ1n) is 11.4. The quantitative estimate of drug-likeness (QED) is 0.273. The van der Waals surface area contributed by atoms with Crippen LogP contribution in [0.3, 0.4) is 0 Å². The summed E-state index contributed by atoms with van der Waals surface area (Å²) in [6.45, 7) is 7.73. The largest absolute Gasteiger partial charge is 0.444 e. The van der Waals surface area contributed by atoms with Crippen molar-refractivity contribution in [3.63, 3.8) is 0 Å². The van der Waals surface area contributed by atoms with Crippen LogP contribution in [0.15, 0.2) is 35.3 Å². The van der Waals surface area contributed by atoms with E-state index in [1.54, 1.807) is 14.1 Å². The third-order valence-electron chi connectivity index (χ3n) is 5.31. The Balaban J connectivity index is 0.00000544. The highest BCUT2D eigenvalue weighted by atomic mass is 127. The molecule has 1 fully saturated rings. The maximum Gasteiger partial charge on any atom is 0.407 e. The van der Waals surface area contributed by atoms with E-state index < -0.39 is 5.60 Å². The van der Waals surface area contributed by atoms with Gasteiger partial charge < -0.3 is 25.6 Å². The van der Waals surface area contributed by atoms with Gasteiger partial charge in [0.15, 0.2) is 5.96 Å². The Morgan fingerprint density at radius 3 is 2.12 bits per heavy atom. The molecule has 1 aromatic carbocycles. The number of hydrogen-bond acceptors (Lipinski definition) is 4. The molecule has 0 radical (unpaired) electrons. The van der Waals surface area contributed by atoms with Gasteiger partial charge >= 0.3 is 6.09 Å². The Labute approximate surface area is 215 Å². The molecular weight excluding hydrogens is 533 g/mol. The van der Waals surface area contributed by atoms with Crippen LogP contribution < -0.4 is 16.0 Å². The van der Waals surface area contributed by atoms with E-state index in [0.717, 1.165) is 31.2 Å². The molecule has 0 bridgehead atoms. The minimum absolute atomic E-state index is 0. The van der Waals surface area contributed by atoms with Gasteiger partial charge in [0.2, 0.25) is 5.91 Å². The van der Waals surface area contributed by atoms with E-state index in [9.17, 15) is 9.59 Å². The minimum Gasteiger partial charge on any atom is -0.444 e. The van der Waals surface area contributed by atoms with E-state index in [2.05, 4.69) is 40.0 Å². The second-order valence-electron chi connectivity index (χ2n) is 9.57. The third kappa shape index (κ3) is 11.1. The van der Waals surface area contributed by atoms with E-state index in [1.807, 2.05) is 39.0 Å². The van der Waals surface area contributed by atoms with Crippen LogP contribution in [0, 0.1) is 0 Å². The molecule has 1 unspecified atom stereocenters. The molecule has 0 saturated heterocycles. The molecule has 0 aliphatic heterocycles. The van der Waals surface area contributed by atoms with Gasteiger partial charge in [-0.15, -0.1) is 24.0 Å². The highest BCUT2D eigenvalue weighted by Gasteiger charge is 2.25. The number of halogens is 1. The summed E-state index contributed by atoms with van der Waals surface area (Å²) in [4.78, 5) is 30.1.